The number of fused-ring (bicyclic) bond motifs is 1. The normalized spacial score (nSPS) is 18.5. The molecule has 3 aliphatic heterocycles. The van der Waals surface area contributed by atoms with Gasteiger partial charge in [-0.1, -0.05) is 32.5 Å². The van der Waals surface area contributed by atoms with Crippen LogP contribution in [0.15, 0.2) is 38.3 Å². The van der Waals surface area contributed by atoms with E-state index in [2.05, 4.69) is 50.3 Å². The Hall–Kier alpha value is -5.29. The minimum Gasteiger partial charge on any atom is -0.456 e. The zero-order valence-corrected chi connectivity index (χ0v) is 37.7. The third-order valence-corrected chi connectivity index (χ3v) is 16.2. The summed E-state index contributed by atoms with van der Waals surface area (Å²) in [5.74, 6) is -4.09. The Morgan fingerprint density at radius 1 is 1.02 bits per heavy atom. The van der Waals surface area contributed by atoms with Crippen molar-refractivity contribution in [3.8, 4) is 0 Å². The lowest BCUT2D eigenvalue weighted by atomic mass is 10.0. The van der Waals surface area contributed by atoms with E-state index in [1.165, 1.54) is 6.08 Å². The van der Waals surface area contributed by atoms with Crippen molar-refractivity contribution < 1.29 is 50.3 Å². The van der Waals surface area contributed by atoms with Crippen molar-refractivity contribution >= 4 is 90.2 Å². The number of carbonyl (C=O) groups is 6. The molecular formula is C40H52N8O11S3. The van der Waals surface area contributed by atoms with Crippen LogP contribution in [0.3, 0.4) is 0 Å². The summed E-state index contributed by atoms with van der Waals surface area (Å²) in [6.45, 7) is 12.8. The molecule has 0 fully saturated rings. The number of hydrogen-bond acceptors (Lipinski definition) is 14. The molecule has 22 heteroatoms. The average molecular weight is 917 g/mol. The van der Waals surface area contributed by atoms with Crippen LogP contribution in [0.25, 0.3) is 11.6 Å². The predicted molar refractivity (Wildman–Crippen MR) is 235 cm³/mol. The fourth-order valence-electron chi connectivity index (χ4n) is 7.05. The van der Waals surface area contributed by atoms with Gasteiger partial charge in [-0.15, -0.1) is 0 Å². The molecule has 0 bridgehead atoms. The van der Waals surface area contributed by atoms with Gasteiger partial charge in [0.05, 0.1) is 35.4 Å². The summed E-state index contributed by atoms with van der Waals surface area (Å²) in [5, 5.41) is 12.9. The second-order valence-corrected chi connectivity index (χ2v) is 20.3. The molecule has 7 N–H and O–H groups in total. The van der Waals surface area contributed by atoms with Crippen molar-refractivity contribution in [2.45, 2.75) is 72.1 Å². The number of rotatable bonds is 19. The highest BCUT2D eigenvalue weighted by Crippen LogP contribution is 2.48. The first-order valence-electron chi connectivity index (χ1n) is 20.0. The number of H-pyrrole nitrogens is 1. The van der Waals surface area contributed by atoms with E-state index in [-0.39, 0.29) is 33.1 Å². The molecule has 5 amide bonds. The number of thioether (sulfide) groups is 1. The van der Waals surface area contributed by atoms with Gasteiger partial charge in [-0.05, 0) is 88.3 Å². The number of anilines is 2. The smallest absolute Gasteiger partial charge is 0.306 e. The van der Waals surface area contributed by atoms with Crippen molar-refractivity contribution in [3.63, 3.8) is 0 Å². The van der Waals surface area contributed by atoms with Gasteiger partial charge in [0.2, 0.25) is 5.91 Å². The molecule has 2 atom stereocenters. The summed E-state index contributed by atoms with van der Waals surface area (Å²) in [6, 6.07) is 4.14. The Morgan fingerprint density at radius 2 is 1.74 bits per heavy atom. The fourth-order valence-corrected chi connectivity index (χ4v) is 12.1. The van der Waals surface area contributed by atoms with Crippen molar-refractivity contribution in [2.24, 2.45) is 0 Å². The van der Waals surface area contributed by atoms with Crippen molar-refractivity contribution in [1.29, 1.82) is 0 Å². The second kappa shape index (κ2) is 20.3. The highest BCUT2D eigenvalue weighted by atomic mass is 32.3. The summed E-state index contributed by atoms with van der Waals surface area (Å²) in [4.78, 5) is 81.4. The van der Waals surface area contributed by atoms with Crippen LogP contribution in [0.5, 0.6) is 0 Å². The standard InChI is InChI=1S/C40H52N8O11S3/c1-7-41-31-19-36(60-40-28(31)16-22(4)61(40,55)56)62(57,58)47-33(50)20-43-34(51)21-59-35(52)13-12-32(49)45-25-10-11-29-26(17-25)27(38(53)46-29)18-30-23(5)37(24(6)44-30)39(54)42-14-15-48(8-2)9-3/h10-11,17-19,22,31,41,44H,7-9,12-16,20-21H2,1-6H3,(H,42,54)(H,43,51)(H,45,49)(H,46,53)(H,47,50)/b27-18-/t22-,31-/m0/s1. The van der Waals surface area contributed by atoms with E-state index in [0.29, 0.717) is 75.5 Å². The largest absolute Gasteiger partial charge is 0.456 e. The molecule has 0 saturated carbocycles. The summed E-state index contributed by atoms with van der Waals surface area (Å²) < 4.78 is 58.1. The van der Waals surface area contributed by atoms with Gasteiger partial charge in [-0.3, -0.25) is 28.8 Å². The minimum absolute atomic E-state index is 0.0574. The molecule has 0 unspecified atom stereocenters. The van der Waals surface area contributed by atoms with Crippen LogP contribution in [0.1, 0.15) is 79.8 Å². The van der Waals surface area contributed by atoms with Gasteiger partial charge in [0.15, 0.2) is 16.4 Å². The zero-order chi connectivity index (χ0) is 45.5. The van der Waals surface area contributed by atoms with Crippen LogP contribution in [0.4, 0.5) is 11.4 Å². The maximum Gasteiger partial charge on any atom is 0.306 e. The summed E-state index contributed by atoms with van der Waals surface area (Å²) in [7, 11) is -8.25. The van der Waals surface area contributed by atoms with Crippen LogP contribution in [-0.4, -0.2) is 119 Å². The lowest BCUT2D eigenvalue weighted by Crippen LogP contribution is -2.41. The van der Waals surface area contributed by atoms with Crippen molar-refractivity contribution in [1.82, 2.24) is 30.6 Å². The molecule has 0 radical (unpaired) electrons. The number of benzene rings is 1. The Morgan fingerprint density at radius 3 is 2.44 bits per heavy atom. The van der Waals surface area contributed by atoms with Crippen molar-refractivity contribution in [2.75, 3.05) is 56.5 Å². The van der Waals surface area contributed by atoms with E-state index in [1.807, 2.05) is 4.72 Å². The molecule has 336 valence electrons. The van der Waals surface area contributed by atoms with Gasteiger partial charge in [0, 0.05) is 47.8 Å². The van der Waals surface area contributed by atoms with Gasteiger partial charge in [-0.25, -0.2) is 21.6 Å². The fraction of sp³-hybridized carbons (Fsp3) is 0.450. The Balaban J connectivity index is 1.08. The number of aryl methyl sites for hydroxylation is 1. The molecular weight excluding hydrogens is 865 g/mol. The Bertz CT molecular complexity index is 2470. The number of hydrogen-bond donors (Lipinski definition) is 7. The van der Waals surface area contributed by atoms with E-state index >= 15 is 0 Å². The molecule has 5 rings (SSSR count). The Labute approximate surface area is 364 Å². The number of esters is 1. The molecule has 3 aliphatic rings. The highest BCUT2D eigenvalue weighted by molar-refractivity contribution is 8.28. The summed E-state index contributed by atoms with van der Waals surface area (Å²) in [6.07, 6.45) is 2.51. The molecule has 0 aliphatic carbocycles. The monoisotopic (exact) mass is 916 g/mol. The number of nitrogens with one attached hydrogen (secondary N) is 7. The first-order valence-corrected chi connectivity index (χ1v) is 23.9. The van der Waals surface area contributed by atoms with Gasteiger partial charge in [0.25, 0.3) is 33.7 Å². The Kier molecular flexibility index (Phi) is 15.6. The number of aromatic amines is 1. The first kappa shape index (κ1) is 47.8. The molecule has 1 aromatic carbocycles. The summed E-state index contributed by atoms with van der Waals surface area (Å²) in [5.41, 5.74) is 4.63. The number of sulfone groups is 1. The topological polar surface area (TPSA) is 271 Å². The molecule has 4 heterocycles. The third-order valence-electron chi connectivity index (χ3n) is 10.4. The van der Waals surface area contributed by atoms with Crippen molar-refractivity contribution in [3.05, 3.63) is 66.4 Å². The van der Waals surface area contributed by atoms with Crippen LogP contribution in [0, 0.1) is 13.8 Å². The highest BCUT2D eigenvalue weighted by Gasteiger charge is 2.44. The number of amides is 5. The van der Waals surface area contributed by atoms with Crippen LogP contribution < -0.4 is 31.3 Å². The number of aromatic nitrogens is 1. The van der Waals surface area contributed by atoms with Crippen LogP contribution in [-0.2, 0) is 48.6 Å². The molecule has 2 aromatic rings. The third kappa shape index (κ3) is 11.2. The lowest BCUT2D eigenvalue weighted by molar-refractivity contribution is -0.149. The number of ether oxygens (including phenoxy) is 1. The van der Waals surface area contributed by atoms with E-state index < -0.39 is 74.4 Å². The molecule has 1 aromatic heterocycles. The van der Waals surface area contributed by atoms with Gasteiger partial charge >= 0.3 is 5.97 Å². The SMILES string of the molecule is CCN[C@H]1C=C(S(=O)(=O)NC(=O)CNC(=O)COC(=O)CCC(=O)Nc2ccc3c(c2)/C(=C/c2[nH]c(C)c(C(=O)NCCN(CC)CC)c2C)C(=O)N3)SC2=C1C[C@H](C)S2(=O)=O. The number of nitrogens with zero attached hydrogens (tertiary/aromatic N) is 1. The van der Waals surface area contributed by atoms with Gasteiger partial charge in [0.1, 0.15) is 8.47 Å². The summed E-state index contributed by atoms with van der Waals surface area (Å²) >= 11 is 0.551. The minimum atomic E-state index is -4.51. The predicted octanol–water partition coefficient (Wildman–Crippen LogP) is 2.00. The van der Waals surface area contributed by atoms with Crippen LogP contribution in [0.2, 0.25) is 0 Å². The van der Waals surface area contributed by atoms with E-state index in [0.717, 1.165) is 19.6 Å². The van der Waals surface area contributed by atoms with E-state index in [9.17, 15) is 45.6 Å². The average Bonchev–Trinajstić information content (AvgIpc) is 3.77. The number of likely N-dealkylation sites (N-methyl/N-ethyl adjacent to an activating group) is 2. The van der Waals surface area contributed by atoms with E-state index in [4.69, 9.17) is 4.74 Å². The second-order valence-electron chi connectivity index (χ2n) is 14.7. The zero-order valence-electron chi connectivity index (χ0n) is 35.3. The van der Waals surface area contributed by atoms with Gasteiger partial charge < -0.3 is 41.2 Å². The quantitative estimate of drug-likeness (QED) is 0.0785. The maximum absolute atomic E-state index is 13.1. The van der Waals surface area contributed by atoms with Crippen LogP contribution >= 0.6 is 11.8 Å². The molecule has 19 nitrogen and oxygen atoms in total. The number of sulfonamides is 1. The first-order chi connectivity index (χ1) is 29.3. The maximum atomic E-state index is 13.1. The lowest BCUT2D eigenvalue weighted by Gasteiger charge is -2.23. The van der Waals surface area contributed by atoms with Gasteiger partial charge in [-0.2, -0.15) is 0 Å². The number of carbonyl (C=O) groups excluding carboxylic acids is 6. The molecule has 0 spiro atoms. The molecule has 0 saturated heterocycles. The molecule has 62 heavy (non-hydrogen) atoms. The van der Waals surface area contributed by atoms with E-state index in [1.54, 1.807) is 52.0 Å².